The number of carbonyl (C=O) groups excluding carboxylic acids is 1. The quantitative estimate of drug-likeness (QED) is 0.567. The van der Waals surface area contributed by atoms with Crippen molar-refractivity contribution in [3.05, 3.63) is 55.2 Å². The summed E-state index contributed by atoms with van der Waals surface area (Å²) in [4.78, 5) is 13.0. The Morgan fingerprint density at radius 2 is 2.00 bits per heavy atom. The van der Waals surface area contributed by atoms with Crippen molar-refractivity contribution in [1.82, 2.24) is 0 Å². The Morgan fingerprint density at radius 3 is 2.65 bits per heavy atom. The molecule has 1 nitrogen and oxygen atoms in total. The number of hydrogen-bond acceptors (Lipinski definition) is 2. The molecule has 1 heterocycles. The minimum Gasteiger partial charge on any atom is -0.294 e. The average molecular weight is 306 g/mol. The van der Waals surface area contributed by atoms with Crippen LogP contribution in [-0.2, 0) is 6.42 Å². The summed E-state index contributed by atoms with van der Waals surface area (Å²) < 4.78 is 0. The van der Waals surface area contributed by atoms with Crippen LogP contribution in [0.1, 0.15) is 15.2 Å². The average Bonchev–Trinajstić information content (AvgIpc) is 2.76. The first kappa shape index (κ1) is 12.9. The largest absolute Gasteiger partial charge is 0.294 e. The molecule has 5 heteroatoms. The van der Waals surface area contributed by atoms with Crippen molar-refractivity contribution in [2.45, 2.75) is 6.42 Å². The van der Waals surface area contributed by atoms with Gasteiger partial charge in [-0.2, -0.15) is 0 Å². The van der Waals surface area contributed by atoms with Gasteiger partial charge in [0.15, 0.2) is 5.78 Å². The third kappa shape index (κ3) is 3.02. The van der Waals surface area contributed by atoms with E-state index in [1.54, 1.807) is 6.07 Å². The molecule has 0 aliphatic heterocycles. The summed E-state index contributed by atoms with van der Waals surface area (Å²) in [6, 6.07) is 6.88. The van der Waals surface area contributed by atoms with E-state index in [4.69, 9.17) is 34.8 Å². The molecule has 1 aromatic heterocycles. The summed E-state index contributed by atoms with van der Waals surface area (Å²) in [6.07, 6.45) is 0.314. The molecule has 0 unspecified atom stereocenters. The Labute approximate surface area is 118 Å². The van der Waals surface area contributed by atoms with Crippen molar-refractivity contribution >= 4 is 51.9 Å². The molecule has 2 rings (SSSR count). The van der Waals surface area contributed by atoms with Gasteiger partial charge < -0.3 is 0 Å². The molecule has 0 spiro atoms. The highest BCUT2D eigenvalue weighted by atomic mass is 35.5. The molecule has 0 amide bonds. The van der Waals surface area contributed by atoms with Gasteiger partial charge >= 0.3 is 0 Å². The van der Waals surface area contributed by atoms with Crippen LogP contribution in [0.2, 0.25) is 15.1 Å². The number of Topliss-reactive ketones (excluding diaryl/α,β-unsaturated/α-hetero) is 1. The summed E-state index contributed by atoms with van der Waals surface area (Å²) in [5, 5.41) is 2.90. The van der Waals surface area contributed by atoms with Gasteiger partial charge in [-0.1, -0.05) is 40.9 Å². The second kappa shape index (κ2) is 5.40. The number of carbonyl (C=O) groups is 1. The standard InChI is InChI=1S/C12H7Cl3OS/c13-7-4-9(12(15)10(14)5-7)11(16)6-8-2-1-3-17-8/h1-5H,6H2. The van der Waals surface area contributed by atoms with Gasteiger partial charge in [-0.15, -0.1) is 11.3 Å². The second-order valence-corrected chi connectivity index (χ2v) is 5.68. The van der Waals surface area contributed by atoms with Crippen molar-refractivity contribution in [3.63, 3.8) is 0 Å². The zero-order valence-electron chi connectivity index (χ0n) is 8.54. The number of benzene rings is 1. The van der Waals surface area contributed by atoms with Crippen LogP contribution in [-0.4, -0.2) is 5.78 Å². The Hall–Kier alpha value is -0.540. The first-order valence-electron chi connectivity index (χ1n) is 4.78. The van der Waals surface area contributed by atoms with Gasteiger partial charge in [0.05, 0.1) is 10.0 Å². The van der Waals surface area contributed by atoms with E-state index in [-0.39, 0.29) is 10.8 Å². The Bertz CT molecular complexity index is 549. The van der Waals surface area contributed by atoms with Crippen LogP contribution in [0.4, 0.5) is 0 Å². The number of hydrogen-bond donors (Lipinski definition) is 0. The third-order valence-corrected chi connectivity index (χ3v) is 4.10. The molecule has 0 aliphatic carbocycles. The van der Waals surface area contributed by atoms with E-state index in [1.807, 2.05) is 17.5 Å². The zero-order chi connectivity index (χ0) is 12.4. The molecule has 0 atom stereocenters. The Kier molecular flexibility index (Phi) is 4.10. The van der Waals surface area contributed by atoms with Crippen LogP contribution < -0.4 is 0 Å². The molecule has 0 radical (unpaired) electrons. The van der Waals surface area contributed by atoms with Gasteiger partial charge in [-0.05, 0) is 23.6 Å². The summed E-state index contributed by atoms with van der Waals surface area (Å²) in [7, 11) is 0. The molecule has 0 N–H and O–H groups in total. The second-order valence-electron chi connectivity index (χ2n) is 3.43. The lowest BCUT2D eigenvalue weighted by Gasteiger charge is -2.05. The van der Waals surface area contributed by atoms with Crippen molar-refractivity contribution in [2.75, 3.05) is 0 Å². The molecule has 0 saturated carbocycles. The third-order valence-electron chi connectivity index (χ3n) is 2.21. The van der Waals surface area contributed by atoms with Crippen LogP contribution in [0.3, 0.4) is 0 Å². The number of rotatable bonds is 3. The first-order valence-corrected chi connectivity index (χ1v) is 6.79. The summed E-state index contributed by atoms with van der Waals surface area (Å²) in [6.45, 7) is 0. The maximum absolute atomic E-state index is 12.0. The zero-order valence-corrected chi connectivity index (χ0v) is 11.6. The van der Waals surface area contributed by atoms with Gasteiger partial charge in [0.2, 0.25) is 0 Å². The van der Waals surface area contributed by atoms with E-state index in [9.17, 15) is 4.79 Å². The minimum atomic E-state index is -0.0816. The van der Waals surface area contributed by atoms with Crippen LogP contribution in [0.15, 0.2) is 29.6 Å². The molecule has 88 valence electrons. The fourth-order valence-corrected chi connectivity index (χ4v) is 2.84. The van der Waals surface area contributed by atoms with Crippen molar-refractivity contribution in [1.29, 1.82) is 0 Å². The van der Waals surface area contributed by atoms with Crippen molar-refractivity contribution in [3.8, 4) is 0 Å². The molecule has 0 aliphatic rings. The number of halogens is 3. The lowest BCUT2D eigenvalue weighted by atomic mass is 10.1. The maximum atomic E-state index is 12.0. The first-order chi connectivity index (χ1) is 8.08. The van der Waals surface area contributed by atoms with Gasteiger partial charge in [0, 0.05) is 21.9 Å². The maximum Gasteiger partial charge on any atom is 0.169 e. The highest BCUT2D eigenvalue weighted by Gasteiger charge is 2.15. The Balaban J connectivity index is 2.31. The summed E-state index contributed by atoms with van der Waals surface area (Å²) >= 11 is 19.3. The molecule has 0 fully saturated rings. The summed E-state index contributed by atoms with van der Waals surface area (Å²) in [5.74, 6) is -0.0816. The SMILES string of the molecule is O=C(Cc1cccs1)c1cc(Cl)cc(Cl)c1Cl. The fourth-order valence-electron chi connectivity index (χ4n) is 1.43. The fraction of sp³-hybridized carbons (Fsp3) is 0.0833. The molecule has 1 aromatic carbocycles. The number of ketones is 1. The predicted molar refractivity (Wildman–Crippen MR) is 73.8 cm³/mol. The molecule has 17 heavy (non-hydrogen) atoms. The molecule has 2 aromatic rings. The molecule has 0 bridgehead atoms. The van der Waals surface area contributed by atoms with E-state index >= 15 is 0 Å². The van der Waals surface area contributed by atoms with Crippen LogP contribution in [0.25, 0.3) is 0 Å². The highest BCUT2D eigenvalue weighted by molar-refractivity contribution is 7.10. The van der Waals surface area contributed by atoms with E-state index in [1.165, 1.54) is 17.4 Å². The predicted octanol–water partition coefficient (Wildman–Crippen LogP) is 5.13. The highest BCUT2D eigenvalue weighted by Crippen LogP contribution is 2.30. The van der Waals surface area contributed by atoms with Crippen LogP contribution in [0.5, 0.6) is 0 Å². The smallest absolute Gasteiger partial charge is 0.169 e. The summed E-state index contributed by atoms with van der Waals surface area (Å²) in [5.41, 5.74) is 0.373. The minimum absolute atomic E-state index is 0.0816. The van der Waals surface area contributed by atoms with E-state index in [0.29, 0.717) is 22.0 Å². The van der Waals surface area contributed by atoms with E-state index in [2.05, 4.69) is 0 Å². The van der Waals surface area contributed by atoms with Crippen molar-refractivity contribution < 1.29 is 4.79 Å². The van der Waals surface area contributed by atoms with Gasteiger partial charge in [0.25, 0.3) is 0 Å². The van der Waals surface area contributed by atoms with E-state index in [0.717, 1.165) is 4.88 Å². The molecule has 0 saturated heterocycles. The van der Waals surface area contributed by atoms with Crippen LogP contribution in [0, 0.1) is 0 Å². The Morgan fingerprint density at radius 1 is 1.24 bits per heavy atom. The molecular formula is C12H7Cl3OS. The van der Waals surface area contributed by atoms with E-state index < -0.39 is 0 Å². The van der Waals surface area contributed by atoms with Gasteiger partial charge in [0.1, 0.15) is 0 Å². The lowest BCUT2D eigenvalue weighted by molar-refractivity contribution is 0.0994. The normalized spacial score (nSPS) is 10.5. The van der Waals surface area contributed by atoms with Crippen LogP contribution >= 0.6 is 46.1 Å². The topological polar surface area (TPSA) is 17.1 Å². The molecular weight excluding hydrogens is 299 g/mol. The number of thiophene rings is 1. The van der Waals surface area contributed by atoms with Gasteiger partial charge in [-0.3, -0.25) is 4.79 Å². The van der Waals surface area contributed by atoms with Crippen molar-refractivity contribution in [2.24, 2.45) is 0 Å². The van der Waals surface area contributed by atoms with Gasteiger partial charge in [-0.25, -0.2) is 0 Å². The lowest BCUT2D eigenvalue weighted by Crippen LogP contribution is -2.03. The monoisotopic (exact) mass is 304 g/mol.